The molecule has 0 amide bonds. The summed E-state index contributed by atoms with van der Waals surface area (Å²) in [7, 11) is 2.07. The monoisotopic (exact) mass is 174 g/mol. The van der Waals surface area contributed by atoms with Gasteiger partial charge in [-0.2, -0.15) is 0 Å². The van der Waals surface area contributed by atoms with Crippen molar-refractivity contribution in [2.24, 2.45) is 0 Å². The van der Waals surface area contributed by atoms with Crippen LogP contribution in [0.5, 0.6) is 0 Å². The molecular formula is C11H14N2. The van der Waals surface area contributed by atoms with Gasteiger partial charge in [-0.25, -0.2) is 0 Å². The van der Waals surface area contributed by atoms with Crippen molar-refractivity contribution < 1.29 is 0 Å². The summed E-state index contributed by atoms with van der Waals surface area (Å²) in [4.78, 5) is 4.39. The summed E-state index contributed by atoms with van der Waals surface area (Å²) in [5.74, 6) is 0. The zero-order valence-corrected chi connectivity index (χ0v) is 8.07. The molecule has 0 fully saturated rings. The van der Waals surface area contributed by atoms with E-state index in [-0.39, 0.29) is 0 Å². The molecule has 13 heavy (non-hydrogen) atoms. The molecule has 0 N–H and O–H groups in total. The minimum Gasteiger partial charge on any atom is -0.348 e. The molecule has 0 bridgehead atoms. The molecule has 0 aromatic heterocycles. The summed E-state index contributed by atoms with van der Waals surface area (Å²) in [6.07, 6.45) is 4.20. The van der Waals surface area contributed by atoms with E-state index >= 15 is 0 Å². The highest BCUT2D eigenvalue weighted by Crippen LogP contribution is 2.31. The summed E-state index contributed by atoms with van der Waals surface area (Å²) in [6, 6.07) is 8.44. The molecule has 1 aliphatic heterocycles. The number of fused-ring (bicyclic) bond motifs is 1. The Hall–Kier alpha value is -1.44. The Balaban J connectivity index is 2.48. The first kappa shape index (κ1) is 8.17. The van der Waals surface area contributed by atoms with Gasteiger partial charge in [-0.1, -0.05) is 12.1 Å². The van der Waals surface area contributed by atoms with Crippen LogP contribution in [0.3, 0.4) is 0 Å². The highest BCUT2D eigenvalue weighted by molar-refractivity contribution is 5.75. The fourth-order valence-electron chi connectivity index (χ4n) is 1.62. The number of nitrogens with zero attached hydrogens (tertiary/aromatic N) is 2. The maximum atomic E-state index is 2.25. The van der Waals surface area contributed by atoms with Gasteiger partial charge < -0.3 is 9.80 Å². The van der Waals surface area contributed by atoms with Gasteiger partial charge in [0.1, 0.15) is 0 Å². The van der Waals surface area contributed by atoms with E-state index < -0.39 is 0 Å². The molecule has 2 rings (SSSR count). The Morgan fingerprint density at radius 2 is 1.77 bits per heavy atom. The molecule has 1 aromatic carbocycles. The Labute approximate surface area is 79.1 Å². The average Bonchev–Trinajstić information content (AvgIpc) is 2.19. The lowest BCUT2D eigenvalue weighted by atomic mass is 10.2. The highest BCUT2D eigenvalue weighted by atomic mass is 15.2. The van der Waals surface area contributed by atoms with Crippen molar-refractivity contribution in [2.75, 3.05) is 23.4 Å². The fourth-order valence-corrected chi connectivity index (χ4v) is 1.62. The maximum absolute atomic E-state index is 2.25. The van der Waals surface area contributed by atoms with Crippen molar-refractivity contribution in [3.8, 4) is 0 Å². The van der Waals surface area contributed by atoms with Crippen LogP contribution in [0.2, 0.25) is 0 Å². The van der Waals surface area contributed by atoms with Crippen molar-refractivity contribution in [3.05, 3.63) is 36.7 Å². The molecule has 0 aliphatic carbocycles. The van der Waals surface area contributed by atoms with Gasteiger partial charge in [-0.3, -0.25) is 0 Å². The van der Waals surface area contributed by atoms with Crippen LogP contribution in [-0.2, 0) is 0 Å². The second kappa shape index (κ2) is 3.13. The standard InChI is InChI=1S/C11H14N2/c1-3-13-9-8-12(2)10-6-4-5-7-11(10)13/h4-9H,3H2,1-2H3. The smallest absolute Gasteiger partial charge is 0.0647 e. The van der Waals surface area contributed by atoms with E-state index in [0.717, 1.165) is 6.54 Å². The predicted octanol–water partition coefficient (Wildman–Crippen LogP) is 2.43. The van der Waals surface area contributed by atoms with Gasteiger partial charge in [0.05, 0.1) is 11.4 Å². The topological polar surface area (TPSA) is 6.48 Å². The molecular weight excluding hydrogens is 160 g/mol. The van der Waals surface area contributed by atoms with E-state index in [1.54, 1.807) is 0 Å². The molecule has 1 aliphatic rings. The maximum Gasteiger partial charge on any atom is 0.0647 e. The molecule has 1 aromatic rings. The zero-order valence-electron chi connectivity index (χ0n) is 8.07. The Morgan fingerprint density at radius 3 is 2.46 bits per heavy atom. The lowest BCUT2D eigenvalue weighted by Crippen LogP contribution is -2.24. The van der Waals surface area contributed by atoms with Crippen LogP contribution in [0.25, 0.3) is 0 Å². The van der Waals surface area contributed by atoms with E-state index in [0.29, 0.717) is 0 Å². The van der Waals surface area contributed by atoms with Gasteiger partial charge in [0.2, 0.25) is 0 Å². The van der Waals surface area contributed by atoms with Crippen molar-refractivity contribution >= 4 is 11.4 Å². The first-order valence-corrected chi connectivity index (χ1v) is 4.59. The number of anilines is 2. The number of benzene rings is 1. The number of hydrogen-bond donors (Lipinski definition) is 0. The van der Waals surface area contributed by atoms with Crippen molar-refractivity contribution in [2.45, 2.75) is 6.92 Å². The van der Waals surface area contributed by atoms with Crippen LogP contribution in [0.15, 0.2) is 36.7 Å². The van der Waals surface area contributed by atoms with Crippen LogP contribution < -0.4 is 9.80 Å². The zero-order chi connectivity index (χ0) is 9.26. The Bertz CT molecular complexity index is 331. The summed E-state index contributed by atoms with van der Waals surface area (Å²) in [5, 5.41) is 0. The van der Waals surface area contributed by atoms with Gasteiger partial charge in [0, 0.05) is 26.0 Å². The highest BCUT2D eigenvalue weighted by Gasteiger charge is 2.12. The SMILES string of the molecule is CCN1C=CN(C)c2ccccc21. The van der Waals surface area contributed by atoms with E-state index in [1.165, 1.54) is 11.4 Å². The minimum absolute atomic E-state index is 1.02. The average molecular weight is 174 g/mol. The van der Waals surface area contributed by atoms with E-state index in [9.17, 15) is 0 Å². The summed E-state index contributed by atoms with van der Waals surface area (Å²) < 4.78 is 0. The normalized spacial score (nSPS) is 14.6. The number of hydrogen-bond acceptors (Lipinski definition) is 2. The molecule has 0 atom stereocenters. The lowest BCUT2D eigenvalue weighted by Gasteiger charge is -2.30. The quantitative estimate of drug-likeness (QED) is 0.645. The second-order valence-electron chi connectivity index (χ2n) is 3.18. The Kier molecular flexibility index (Phi) is 1.97. The summed E-state index contributed by atoms with van der Waals surface area (Å²) in [6.45, 7) is 3.17. The number of para-hydroxylation sites is 2. The van der Waals surface area contributed by atoms with Crippen LogP contribution in [0.4, 0.5) is 11.4 Å². The van der Waals surface area contributed by atoms with E-state index in [1.807, 2.05) is 0 Å². The molecule has 0 saturated heterocycles. The third-order valence-electron chi connectivity index (χ3n) is 2.38. The van der Waals surface area contributed by atoms with Gasteiger partial charge in [-0.05, 0) is 19.1 Å². The van der Waals surface area contributed by atoms with Crippen molar-refractivity contribution in [1.82, 2.24) is 0 Å². The Morgan fingerprint density at radius 1 is 1.08 bits per heavy atom. The molecule has 2 nitrogen and oxygen atoms in total. The van der Waals surface area contributed by atoms with Gasteiger partial charge in [-0.15, -0.1) is 0 Å². The number of rotatable bonds is 1. The first-order valence-electron chi connectivity index (χ1n) is 4.59. The third kappa shape index (κ3) is 1.28. The van der Waals surface area contributed by atoms with Crippen LogP contribution in [0, 0.1) is 0 Å². The summed E-state index contributed by atoms with van der Waals surface area (Å²) in [5.41, 5.74) is 2.56. The van der Waals surface area contributed by atoms with Crippen LogP contribution in [-0.4, -0.2) is 13.6 Å². The fraction of sp³-hybridized carbons (Fsp3) is 0.273. The lowest BCUT2D eigenvalue weighted by molar-refractivity contribution is 0.977. The van der Waals surface area contributed by atoms with E-state index in [4.69, 9.17) is 0 Å². The van der Waals surface area contributed by atoms with E-state index in [2.05, 4.69) is 60.4 Å². The second-order valence-corrected chi connectivity index (χ2v) is 3.18. The summed E-state index contributed by atoms with van der Waals surface area (Å²) >= 11 is 0. The minimum atomic E-state index is 1.02. The molecule has 0 spiro atoms. The van der Waals surface area contributed by atoms with Crippen molar-refractivity contribution in [1.29, 1.82) is 0 Å². The van der Waals surface area contributed by atoms with Crippen LogP contribution in [0.1, 0.15) is 6.92 Å². The molecule has 0 unspecified atom stereocenters. The van der Waals surface area contributed by atoms with Crippen molar-refractivity contribution in [3.63, 3.8) is 0 Å². The predicted molar refractivity (Wildman–Crippen MR) is 57.0 cm³/mol. The van der Waals surface area contributed by atoms with Gasteiger partial charge in [0.25, 0.3) is 0 Å². The molecule has 0 radical (unpaired) electrons. The molecule has 1 heterocycles. The largest absolute Gasteiger partial charge is 0.348 e. The first-order chi connectivity index (χ1) is 6.33. The van der Waals surface area contributed by atoms with Crippen LogP contribution >= 0.6 is 0 Å². The molecule has 68 valence electrons. The molecule has 2 heteroatoms. The molecule has 0 saturated carbocycles. The van der Waals surface area contributed by atoms with Gasteiger partial charge >= 0.3 is 0 Å². The van der Waals surface area contributed by atoms with Gasteiger partial charge in [0.15, 0.2) is 0 Å². The third-order valence-corrected chi connectivity index (χ3v) is 2.38.